The fraction of sp³-hybridized carbons (Fsp3) is 0.290. The van der Waals surface area contributed by atoms with Gasteiger partial charge in [-0.2, -0.15) is 0 Å². The third-order valence-corrected chi connectivity index (χ3v) is 7.52. The van der Waals surface area contributed by atoms with Crippen LogP contribution in [0.5, 0.6) is 5.75 Å². The van der Waals surface area contributed by atoms with E-state index in [2.05, 4.69) is 21.7 Å². The number of rotatable bonds is 7. The smallest absolute Gasteiger partial charge is 0.331 e. The van der Waals surface area contributed by atoms with Crippen LogP contribution in [-0.2, 0) is 6.42 Å². The van der Waals surface area contributed by atoms with E-state index in [0.29, 0.717) is 44.0 Å². The average molecular weight is 524 g/mol. The Morgan fingerprint density at radius 3 is 2.59 bits per heavy atom. The zero-order valence-electron chi connectivity index (χ0n) is 21.9. The molecule has 0 bridgehead atoms. The summed E-state index contributed by atoms with van der Waals surface area (Å²) in [4.78, 5) is 32.4. The lowest BCUT2D eigenvalue weighted by Crippen LogP contribution is -2.54. The van der Waals surface area contributed by atoms with Crippen LogP contribution in [0.2, 0.25) is 0 Å². The topological polar surface area (TPSA) is 91.4 Å². The molecule has 3 N–H and O–H groups in total. The van der Waals surface area contributed by atoms with E-state index in [0.717, 1.165) is 42.1 Å². The molecule has 4 aromatic rings. The van der Waals surface area contributed by atoms with Crippen LogP contribution in [0, 0.1) is 0 Å². The number of nitrogens with zero attached hydrogens (tertiary/aromatic N) is 2. The number of carbonyl (C=O) groups is 1. The van der Waals surface area contributed by atoms with E-state index in [1.807, 2.05) is 77.7 Å². The second-order valence-corrected chi connectivity index (χ2v) is 10.0. The predicted octanol–water partition coefficient (Wildman–Crippen LogP) is 4.07. The minimum atomic E-state index is -0.327. The first-order valence-corrected chi connectivity index (χ1v) is 13.7. The van der Waals surface area contributed by atoms with Gasteiger partial charge in [0.05, 0.1) is 18.0 Å². The van der Waals surface area contributed by atoms with E-state index in [1.54, 1.807) is 4.57 Å². The van der Waals surface area contributed by atoms with Crippen molar-refractivity contribution in [1.29, 1.82) is 0 Å². The molecule has 2 aliphatic heterocycles. The highest BCUT2D eigenvalue weighted by molar-refractivity contribution is 5.99. The fourth-order valence-electron chi connectivity index (χ4n) is 5.55. The number of ether oxygens (including phenoxy) is 1. The summed E-state index contributed by atoms with van der Waals surface area (Å²) in [5.74, 6) is 0.637. The largest absolute Gasteiger partial charge is 0.494 e. The molecule has 1 fully saturated rings. The summed E-state index contributed by atoms with van der Waals surface area (Å²) in [5, 5.41) is 6.85. The highest BCUT2D eigenvalue weighted by Gasteiger charge is 2.32. The molecule has 6 rings (SSSR count). The van der Waals surface area contributed by atoms with Crippen LogP contribution < -0.4 is 21.1 Å². The number of aryl methyl sites for hydroxylation is 1. The van der Waals surface area contributed by atoms with Gasteiger partial charge in [-0.05, 0) is 42.7 Å². The number of imidazole rings is 1. The van der Waals surface area contributed by atoms with Crippen LogP contribution in [0.3, 0.4) is 0 Å². The molecule has 0 aliphatic carbocycles. The van der Waals surface area contributed by atoms with Gasteiger partial charge in [0.25, 0.3) is 5.91 Å². The number of hydrogen-bond donors (Lipinski definition) is 3. The summed E-state index contributed by atoms with van der Waals surface area (Å²) >= 11 is 0. The first-order chi connectivity index (χ1) is 19.2. The monoisotopic (exact) mass is 523 g/mol. The second kappa shape index (κ2) is 11.2. The number of carbonyl (C=O) groups excluding carboxylic acids is 1. The molecule has 1 amide bonds. The van der Waals surface area contributed by atoms with E-state index >= 15 is 0 Å². The lowest BCUT2D eigenvalue weighted by Gasteiger charge is -2.36. The molecule has 0 unspecified atom stereocenters. The number of hydrogen-bond acceptors (Lipinski definition) is 5. The Balaban J connectivity index is 1.34. The number of fused-ring (bicyclic) bond motifs is 1. The van der Waals surface area contributed by atoms with Crippen molar-refractivity contribution in [2.45, 2.75) is 25.3 Å². The molecule has 1 saturated heterocycles. The number of aromatic nitrogens is 2. The number of piperazine rings is 1. The zero-order chi connectivity index (χ0) is 26.6. The van der Waals surface area contributed by atoms with Gasteiger partial charge in [-0.25, -0.2) is 4.79 Å². The van der Waals surface area contributed by atoms with Crippen molar-refractivity contribution in [1.82, 2.24) is 19.8 Å². The van der Waals surface area contributed by atoms with Crippen LogP contribution in [0.25, 0.3) is 16.9 Å². The Labute approximate surface area is 227 Å². The fourth-order valence-corrected chi connectivity index (χ4v) is 5.55. The summed E-state index contributed by atoms with van der Waals surface area (Å²) in [6.07, 6.45) is 2.78. The molecule has 3 heterocycles. The number of benzene rings is 3. The van der Waals surface area contributed by atoms with Crippen molar-refractivity contribution >= 4 is 11.6 Å². The average Bonchev–Trinajstić information content (AvgIpc) is 3.34. The molecular weight excluding hydrogens is 490 g/mol. The SMILES string of the molecule is O=C(c1[nH]c(=O)n(-c2ccc3c(c2)NCCC3)c1-c1ccccc1)N1CCNC[C@H]1CCOc1ccccc1. The van der Waals surface area contributed by atoms with E-state index < -0.39 is 0 Å². The van der Waals surface area contributed by atoms with Gasteiger partial charge in [0.2, 0.25) is 0 Å². The minimum absolute atomic E-state index is 0.0571. The number of H-pyrrole nitrogens is 1. The molecule has 1 atom stereocenters. The zero-order valence-corrected chi connectivity index (χ0v) is 21.9. The molecule has 0 saturated carbocycles. The first-order valence-electron chi connectivity index (χ1n) is 13.7. The van der Waals surface area contributed by atoms with Gasteiger partial charge < -0.3 is 25.3 Å². The van der Waals surface area contributed by atoms with E-state index in [-0.39, 0.29) is 17.6 Å². The molecular formula is C31H33N5O3. The molecule has 39 heavy (non-hydrogen) atoms. The minimum Gasteiger partial charge on any atom is -0.494 e. The van der Waals surface area contributed by atoms with Crippen molar-refractivity contribution in [2.24, 2.45) is 0 Å². The maximum absolute atomic E-state index is 14.1. The predicted molar refractivity (Wildman–Crippen MR) is 153 cm³/mol. The van der Waals surface area contributed by atoms with Gasteiger partial charge in [0.15, 0.2) is 0 Å². The maximum Gasteiger partial charge on any atom is 0.331 e. The quantitative estimate of drug-likeness (QED) is 0.340. The summed E-state index contributed by atoms with van der Waals surface area (Å²) < 4.78 is 7.56. The Hall–Kier alpha value is -4.30. The van der Waals surface area contributed by atoms with Gasteiger partial charge in [-0.3, -0.25) is 9.36 Å². The lowest BCUT2D eigenvalue weighted by atomic mass is 10.0. The van der Waals surface area contributed by atoms with Gasteiger partial charge in [-0.15, -0.1) is 0 Å². The van der Waals surface area contributed by atoms with E-state index in [4.69, 9.17) is 4.74 Å². The first kappa shape index (κ1) is 25.0. The van der Waals surface area contributed by atoms with Gasteiger partial charge >= 0.3 is 5.69 Å². The standard InChI is InChI=1S/C31H33N5O3/c37-30(35-18-17-32-21-25(35)15-19-39-26-11-5-2-6-12-26)28-29(23-8-3-1-4-9-23)36(31(38)34-28)24-14-13-22-10-7-16-33-27(22)20-24/h1-6,8-9,11-14,20,25,32-33H,7,10,15-19,21H2,(H,34,38)/t25-/m1/s1. The number of nitrogens with one attached hydrogen (secondary N) is 3. The Morgan fingerprint density at radius 1 is 0.974 bits per heavy atom. The molecule has 1 aromatic heterocycles. The van der Waals surface area contributed by atoms with Gasteiger partial charge in [-0.1, -0.05) is 54.6 Å². The number of para-hydroxylation sites is 1. The Kier molecular flexibility index (Phi) is 7.19. The third-order valence-electron chi connectivity index (χ3n) is 7.52. The van der Waals surface area contributed by atoms with Crippen molar-refractivity contribution in [2.75, 3.05) is 38.1 Å². The Bertz CT molecular complexity index is 1500. The number of amides is 1. The van der Waals surface area contributed by atoms with Crippen LogP contribution in [0.1, 0.15) is 28.9 Å². The summed E-state index contributed by atoms with van der Waals surface area (Å²) in [5.41, 5.74) is 4.39. The molecule has 2 aliphatic rings. The van der Waals surface area contributed by atoms with Crippen LogP contribution in [-0.4, -0.2) is 59.2 Å². The van der Waals surface area contributed by atoms with E-state index in [9.17, 15) is 9.59 Å². The summed E-state index contributed by atoms with van der Waals surface area (Å²) in [6, 6.07) is 25.4. The van der Waals surface area contributed by atoms with Gasteiger partial charge in [0.1, 0.15) is 11.4 Å². The van der Waals surface area contributed by atoms with Crippen molar-refractivity contribution < 1.29 is 9.53 Å². The lowest BCUT2D eigenvalue weighted by molar-refractivity contribution is 0.0601. The number of aromatic amines is 1. The van der Waals surface area contributed by atoms with E-state index in [1.165, 1.54) is 5.56 Å². The van der Waals surface area contributed by atoms with Gasteiger partial charge in [0, 0.05) is 49.9 Å². The molecule has 0 radical (unpaired) electrons. The normalized spacial score (nSPS) is 16.8. The third kappa shape index (κ3) is 5.20. The van der Waals surface area contributed by atoms with Crippen molar-refractivity contribution in [3.63, 3.8) is 0 Å². The highest BCUT2D eigenvalue weighted by atomic mass is 16.5. The summed E-state index contributed by atoms with van der Waals surface area (Å²) in [6.45, 7) is 3.33. The Morgan fingerprint density at radius 2 is 1.77 bits per heavy atom. The summed E-state index contributed by atoms with van der Waals surface area (Å²) in [7, 11) is 0. The van der Waals surface area contributed by atoms with Crippen LogP contribution >= 0.6 is 0 Å². The van der Waals surface area contributed by atoms with Crippen molar-refractivity contribution in [3.05, 3.63) is 101 Å². The van der Waals surface area contributed by atoms with Crippen LogP contribution in [0.15, 0.2) is 83.7 Å². The molecule has 200 valence electrons. The number of anilines is 1. The molecule has 8 nitrogen and oxygen atoms in total. The highest BCUT2D eigenvalue weighted by Crippen LogP contribution is 2.30. The second-order valence-electron chi connectivity index (χ2n) is 10.0. The van der Waals surface area contributed by atoms with Crippen LogP contribution in [0.4, 0.5) is 5.69 Å². The van der Waals surface area contributed by atoms with Crippen molar-refractivity contribution in [3.8, 4) is 22.7 Å². The molecule has 8 heteroatoms. The molecule has 3 aromatic carbocycles. The molecule has 0 spiro atoms. The maximum atomic E-state index is 14.1.